The van der Waals surface area contributed by atoms with Gasteiger partial charge in [0.15, 0.2) is 0 Å². The van der Waals surface area contributed by atoms with E-state index in [0.29, 0.717) is 5.56 Å². The summed E-state index contributed by atoms with van der Waals surface area (Å²) < 4.78 is 0. The Balaban J connectivity index is 0.000000151. The molecule has 1 aliphatic rings. The monoisotopic (exact) mass is 269 g/mol. The van der Waals surface area contributed by atoms with Crippen molar-refractivity contribution in [2.75, 3.05) is 0 Å². The number of nitrogens with one attached hydrogen (secondary N) is 1. The van der Waals surface area contributed by atoms with Crippen LogP contribution in [-0.4, -0.2) is 11.1 Å². The van der Waals surface area contributed by atoms with E-state index in [0.717, 1.165) is 6.54 Å². The fraction of sp³-hybridized carbons (Fsp3) is 0.235. The first kappa shape index (κ1) is 14.3. The highest BCUT2D eigenvalue weighted by Gasteiger charge is 2.27. The Kier molecular flexibility index (Phi) is 4.20. The highest BCUT2D eigenvalue weighted by Crippen LogP contribution is 2.29. The molecule has 0 aromatic heterocycles. The quantitative estimate of drug-likeness (QED) is 0.834. The largest absolute Gasteiger partial charge is 0.478 e. The molecule has 0 atom stereocenters. The average Bonchev–Trinajstić information content (AvgIpc) is 2.77. The van der Waals surface area contributed by atoms with Crippen LogP contribution >= 0.6 is 0 Å². The van der Waals surface area contributed by atoms with Gasteiger partial charge >= 0.3 is 5.97 Å². The minimum atomic E-state index is -0.879. The number of aromatic carboxylic acids is 1. The number of benzene rings is 2. The van der Waals surface area contributed by atoms with Crippen molar-refractivity contribution in [3.05, 3.63) is 71.3 Å². The summed E-state index contributed by atoms with van der Waals surface area (Å²) in [6.07, 6.45) is 0. The highest BCUT2D eigenvalue weighted by molar-refractivity contribution is 5.87. The van der Waals surface area contributed by atoms with Crippen LogP contribution in [0.5, 0.6) is 0 Å². The summed E-state index contributed by atoms with van der Waals surface area (Å²) in [6.45, 7) is 5.46. The van der Waals surface area contributed by atoms with Gasteiger partial charge in [0.1, 0.15) is 0 Å². The van der Waals surface area contributed by atoms with E-state index in [4.69, 9.17) is 5.11 Å². The number of fused-ring (bicyclic) bond motifs is 1. The van der Waals surface area contributed by atoms with Crippen LogP contribution in [0.2, 0.25) is 0 Å². The van der Waals surface area contributed by atoms with Crippen molar-refractivity contribution in [2.24, 2.45) is 0 Å². The van der Waals surface area contributed by atoms with Crippen molar-refractivity contribution in [1.29, 1.82) is 0 Å². The zero-order valence-electron chi connectivity index (χ0n) is 11.8. The second-order valence-electron chi connectivity index (χ2n) is 5.31. The van der Waals surface area contributed by atoms with Gasteiger partial charge in [-0.05, 0) is 37.1 Å². The van der Waals surface area contributed by atoms with Gasteiger partial charge in [0.25, 0.3) is 0 Å². The fourth-order valence-electron chi connectivity index (χ4n) is 2.28. The fourth-order valence-corrected chi connectivity index (χ4v) is 2.28. The lowest BCUT2D eigenvalue weighted by atomic mass is 9.95. The molecule has 104 valence electrons. The van der Waals surface area contributed by atoms with Crippen LogP contribution in [0.3, 0.4) is 0 Å². The van der Waals surface area contributed by atoms with Gasteiger partial charge in [-0.25, -0.2) is 4.79 Å². The van der Waals surface area contributed by atoms with E-state index in [1.54, 1.807) is 30.3 Å². The zero-order valence-corrected chi connectivity index (χ0v) is 11.8. The van der Waals surface area contributed by atoms with E-state index in [2.05, 4.69) is 43.4 Å². The van der Waals surface area contributed by atoms with Crippen LogP contribution in [0.4, 0.5) is 0 Å². The molecular weight excluding hydrogens is 250 g/mol. The summed E-state index contributed by atoms with van der Waals surface area (Å²) in [5.74, 6) is -0.879. The standard InChI is InChI=1S/C10H13N.C7H6O2/c1-10(2)9-6-4-3-5-8(9)7-11-10;8-7(9)6-4-2-1-3-5-6/h3-6,11H,7H2,1-2H3;1-5H,(H,8,9). The number of rotatable bonds is 1. The summed E-state index contributed by atoms with van der Waals surface area (Å²) >= 11 is 0. The van der Waals surface area contributed by atoms with E-state index in [1.165, 1.54) is 11.1 Å². The van der Waals surface area contributed by atoms with Crippen molar-refractivity contribution < 1.29 is 9.90 Å². The smallest absolute Gasteiger partial charge is 0.335 e. The molecule has 0 spiro atoms. The van der Waals surface area contributed by atoms with Gasteiger partial charge in [-0.15, -0.1) is 0 Å². The summed E-state index contributed by atoms with van der Waals surface area (Å²) in [6, 6.07) is 16.9. The second-order valence-corrected chi connectivity index (χ2v) is 5.31. The maximum absolute atomic E-state index is 10.2. The summed E-state index contributed by atoms with van der Waals surface area (Å²) in [5, 5.41) is 11.8. The lowest BCUT2D eigenvalue weighted by molar-refractivity contribution is 0.0697. The normalized spacial score (nSPS) is 14.9. The van der Waals surface area contributed by atoms with Crippen LogP contribution in [0.1, 0.15) is 35.3 Å². The van der Waals surface area contributed by atoms with E-state index in [9.17, 15) is 4.79 Å². The summed E-state index contributed by atoms with van der Waals surface area (Å²) in [4.78, 5) is 10.2. The van der Waals surface area contributed by atoms with Crippen LogP contribution in [0, 0.1) is 0 Å². The summed E-state index contributed by atoms with van der Waals surface area (Å²) in [5.41, 5.74) is 3.39. The number of carboxylic acid groups (broad SMARTS) is 1. The first-order chi connectivity index (χ1) is 9.50. The van der Waals surface area contributed by atoms with Gasteiger partial charge in [0, 0.05) is 12.1 Å². The zero-order chi connectivity index (χ0) is 14.6. The van der Waals surface area contributed by atoms with E-state index >= 15 is 0 Å². The van der Waals surface area contributed by atoms with Crippen molar-refractivity contribution in [2.45, 2.75) is 25.9 Å². The molecule has 1 heterocycles. The van der Waals surface area contributed by atoms with Crippen LogP contribution < -0.4 is 5.32 Å². The Morgan fingerprint density at radius 3 is 2.20 bits per heavy atom. The van der Waals surface area contributed by atoms with Gasteiger partial charge in [0.05, 0.1) is 5.56 Å². The van der Waals surface area contributed by atoms with Crippen LogP contribution in [-0.2, 0) is 12.1 Å². The molecule has 20 heavy (non-hydrogen) atoms. The molecule has 0 saturated carbocycles. The highest BCUT2D eigenvalue weighted by atomic mass is 16.4. The molecule has 0 saturated heterocycles. The van der Waals surface area contributed by atoms with Gasteiger partial charge < -0.3 is 10.4 Å². The molecule has 2 aromatic carbocycles. The third-order valence-corrected chi connectivity index (χ3v) is 3.43. The van der Waals surface area contributed by atoms with E-state index in [-0.39, 0.29) is 5.54 Å². The molecule has 2 N–H and O–H groups in total. The molecule has 3 nitrogen and oxygen atoms in total. The molecule has 3 heteroatoms. The van der Waals surface area contributed by atoms with Crippen molar-refractivity contribution in [1.82, 2.24) is 5.32 Å². The Morgan fingerprint density at radius 1 is 1.05 bits per heavy atom. The Morgan fingerprint density at radius 2 is 1.65 bits per heavy atom. The number of carbonyl (C=O) groups is 1. The minimum absolute atomic E-state index is 0.177. The van der Waals surface area contributed by atoms with Crippen molar-refractivity contribution in [3.63, 3.8) is 0 Å². The molecule has 0 unspecified atom stereocenters. The maximum atomic E-state index is 10.2. The minimum Gasteiger partial charge on any atom is -0.478 e. The lowest BCUT2D eigenvalue weighted by Crippen LogP contribution is -2.28. The summed E-state index contributed by atoms with van der Waals surface area (Å²) in [7, 11) is 0. The lowest BCUT2D eigenvalue weighted by Gasteiger charge is -2.19. The van der Waals surface area contributed by atoms with Gasteiger partial charge in [-0.2, -0.15) is 0 Å². The first-order valence-corrected chi connectivity index (χ1v) is 6.62. The molecule has 2 aromatic rings. The topological polar surface area (TPSA) is 49.3 Å². The maximum Gasteiger partial charge on any atom is 0.335 e. The van der Waals surface area contributed by atoms with Crippen molar-refractivity contribution >= 4 is 5.97 Å². The molecule has 0 fully saturated rings. The molecule has 0 radical (unpaired) electrons. The number of carboxylic acids is 1. The second kappa shape index (κ2) is 5.88. The van der Waals surface area contributed by atoms with Gasteiger partial charge in [-0.1, -0.05) is 42.5 Å². The molecule has 3 rings (SSSR count). The predicted octanol–water partition coefficient (Wildman–Crippen LogP) is 3.41. The van der Waals surface area contributed by atoms with Gasteiger partial charge in [0.2, 0.25) is 0 Å². The Hall–Kier alpha value is -2.13. The molecule has 1 aliphatic heterocycles. The van der Waals surface area contributed by atoms with Crippen LogP contribution in [0.15, 0.2) is 54.6 Å². The Bertz CT molecular complexity index is 591. The van der Waals surface area contributed by atoms with Crippen LogP contribution in [0.25, 0.3) is 0 Å². The van der Waals surface area contributed by atoms with E-state index in [1.807, 2.05) is 0 Å². The molecule has 0 amide bonds. The molecular formula is C17H19NO2. The Labute approximate surface area is 119 Å². The van der Waals surface area contributed by atoms with Crippen molar-refractivity contribution in [3.8, 4) is 0 Å². The first-order valence-electron chi connectivity index (χ1n) is 6.62. The molecule has 0 bridgehead atoms. The number of hydrogen-bond acceptors (Lipinski definition) is 2. The third-order valence-electron chi connectivity index (χ3n) is 3.43. The van der Waals surface area contributed by atoms with Gasteiger partial charge in [-0.3, -0.25) is 0 Å². The molecule has 0 aliphatic carbocycles. The number of hydrogen-bond donors (Lipinski definition) is 2. The SMILES string of the molecule is CC1(C)NCc2ccccc21.O=C(O)c1ccccc1. The third kappa shape index (κ3) is 3.25. The van der Waals surface area contributed by atoms with E-state index < -0.39 is 5.97 Å². The average molecular weight is 269 g/mol. The predicted molar refractivity (Wildman–Crippen MR) is 79.7 cm³/mol.